The number of benzene rings is 1. The second-order valence-electron chi connectivity index (χ2n) is 2.87. The maximum absolute atomic E-state index is 6.09. The molecule has 0 spiro atoms. The Balaban J connectivity index is 2.55. The van der Waals surface area contributed by atoms with Gasteiger partial charge in [0.15, 0.2) is 10.9 Å². The summed E-state index contributed by atoms with van der Waals surface area (Å²) in [5.41, 5.74) is 0.880. The first-order valence-corrected chi connectivity index (χ1v) is 5.43. The van der Waals surface area contributed by atoms with Gasteiger partial charge in [0.25, 0.3) is 0 Å². The Morgan fingerprint density at radius 3 is 2.73 bits per heavy atom. The van der Waals surface area contributed by atoms with Crippen LogP contribution in [0.1, 0.15) is 0 Å². The summed E-state index contributed by atoms with van der Waals surface area (Å²) in [5.74, 6) is 0.562. The van der Waals surface area contributed by atoms with E-state index in [0.717, 1.165) is 10.2 Å². The molecule has 0 radical (unpaired) electrons. The van der Waals surface area contributed by atoms with Gasteiger partial charge in [-0.25, -0.2) is 4.68 Å². The molecule has 0 aliphatic carbocycles. The van der Waals surface area contributed by atoms with Gasteiger partial charge in [0.05, 0.1) is 19.0 Å². The zero-order valence-corrected chi connectivity index (χ0v) is 10.3. The lowest BCUT2D eigenvalue weighted by atomic mass is 10.3. The quantitative estimate of drug-likeness (QED) is 0.847. The summed E-state index contributed by atoms with van der Waals surface area (Å²) in [6, 6.07) is 7.70. The van der Waals surface area contributed by atoms with E-state index in [2.05, 4.69) is 21.0 Å². The third kappa shape index (κ3) is 1.87. The molecule has 0 aliphatic heterocycles. The van der Waals surface area contributed by atoms with Crippen molar-refractivity contribution in [2.45, 2.75) is 0 Å². The second-order valence-corrected chi connectivity index (χ2v) is 4.08. The predicted octanol–water partition coefficient (Wildman–Crippen LogP) is 3.30. The number of halogens is 2. The van der Waals surface area contributed by atoms with Crippen molar-refractivity contribution in [2.75, 3.05) is 7.11 Å². The van der Waals surface area contributed by atoms with Crippen LogP contribution >= 0.6 is 27.5 Å². The molecule has 0 atom stereocenters. The molecular weight excluding hydrogens is 279 g/mol. The van der Waals surface area contributed by atoms with Crippen LogP contribution in [0.2, 0.25) is 5.15 Å². The van der Waals surface area contributed by atoms with E-state index in [-0.39, 0.29) is 0 Å². The van der Waals surface area contributed by atoms with E-state index in [1.807, 2.05) is 24.3 Å². The molecule has 1 aromatic heterocycles. The fourth-order valence-electron chi connectivity index (χ4n) is 1.25. The third-order valence-corrected chi connectivity index (χ3v) is 3.00. The van der Waals surface area contributed by atoms with Crippen LogP contribution in [0.5, 0.6) is 5.75 Å². The van der Waals surface area contributed by atoms with Crippen LogP contribution in [-0.2, 0) is 0 Å². The summed E-state index contributed by atoms with van der Waals surface area (Å²) >= 11 is 9.52. The Bertz CT molecular complexity index is 484. The molecule has 3 nitrogen and oxygen atoms in total. The molecule has 0 fully saturated rings. The molecule has 5 heteroatoms. The number of nitrogens with zero attached hydrogens (tertiary/aromatic N) is 2. The third-order valence-electron chi connectivity index (χ3n) is 1.98. The van der Waals surface area contributed by atoms with Gasteiger partial charge >= 0.3 is 0 Å². The highest BCUT2D eigenvalue weighted by Crippen LogP contribution is 2.29. The van der Waals surface area contributed by atoms with Crippen LogP contribution in [0.25, 0.3) is 5.69 Å². The molecule has 1 heterocycles. The average Bonchev–Trinajstić information content (AvgIpc) is 2.60. The number of ether oxygens (including phenoxy) is 1. The van der Waals surface area contributed by atoms with E-state index in [0.29, 0.717) is 10.9 Å². The maximum Gasteiger partial charge on any atom is 0.176 e. The minimum atomic E-state index is 0.462. The molecule has 2 aromatic rings. The first-order valence-electron chi connectivity index (χ1n) is 4.26. The van der Waals surface area contributed by atoms with Crippen LogP contribution in [-0.4, -0.2) is 16.9 Å². The fourth-order valence-corrected chi connectivity index (χ4v) is 1.96. The van der Waals surface area contributed by atoms with Crippen molar-refractivity contribution in [1.29, 1.82) is 0 Å². The van der Waals surface area contributed by atoms with Crippen LogP contribution in [0.15, 0.2) is 34.9 Å². The molecule has 0 bridgehead atoms. The number of para-hydroxylation sites is 1. The topological polar surface area (TPSA) is 27.1 Å². The number of hydrogen-bond acceptors (Lipinski definition) is 2. The molecule has 15 heavy (non-hydrogen) atoms. The second kappa shape index (κ2) is 4.24. The summed E-state index contributed by atoms with van der Waals surface area (Å²) in [6.07, 6.45) is 1.59. The Labute approximate surface area is 101 Å². The van der Waals surface area contributed by atoms with E-state index in [1.165, 1.54) is 0 Å². The lowest BCUT2D eigenvalue weighted by Crippen LogP contribution is -1.97. The largest absolute Gasteiger partial charge is 0.492 e. The van der Waals surface area contributed by atoms with E-state index in [1.54, 1.807) is 18.0 Å². The van der Waals surface area contributed by atoms with E-state index in [9.17, 15) is 0 Å². The first kappa shape index (κ1) is 10.5. The van der Waals surface area contributed by atoms with Crippen molar-refractivity contribution in [3.63, 3.8) is 0 Å². The highest BCUT2D eigenvalue weighted by molar-refractivity contribution is 9.10. The van der Waals surface area contributed by atoms with E-state index < -0.39 is 0 Å². The summed E-state index contributed by atoms with van der Waals surface area (Å²) in [6.45, 7) is 0. The highest BCUT2D eigenvalue weighted by atomic mass is 79.9. The Morgan fingerprint density at radius 2 is 2.13 bits per heavy atom. The molecule has 0 unspecified atom stereocenters. The SMILES string of the molecule is COc1cnn(-c2ccccc2Br)c1Cl. The molecule has 1 aromatic carbocycles. The number of methoxy groups -OCH3 is 1. The molecule has 2 rings (SSSR count). The predicted molar refractivity (Wildman–Crippen MR) is 62.8 cm³/mol. The minimum Gasteiger partial charge on any atom is -0.492 e. The van der Waals surface area contributed by atoms with Gasteiger partial charge in [0, 0.05) is 4.47 Å². The van der Waals surface area contributed by atoms with Gasteiger partial charge in [-0.15, -0.1) is 0 Å². The van der Waals surface area contributed by atoms with Gasteiger partial charge in [-0.2, -0.15) is 5.10 Å². The average molecular weight is 288 g/mol. The zero-order valence-electron chi connectivity index (χ0n) is 7.95. The van der Waals surface area contributed by atoms with Crippen LogP contribution in [0, 0.1) is 0 Å². The molecule has 78 valence electrons. The normalized spacial score (nSPS) is 10.3. The van der Waals surface area contributed by atoms with Crippen molar-refractivity contribution < 1.29 is 4.74 Å². The van der Waals surface area contributed by atoms with Crippen molar-refractivity contribution in [2.24, 2.45) is 0 Å². The minimum absolute atomic E-state index is 0.462. The smallest absolute Gasteiger partial charge is 0.176 e. The first-order chi connectivity index (χ1) is 7.24. The summed E-state index contributed by atoms with van der Waals surface area (Å²) in [4.78, 5) is 0. The van der Waals surface area contributed by atoms with Gasteiger partial charge in [-0.1, -0.05) is 23.7 Å². The molecule has 0 saturated heterocycles. The van der Waals surface area contributed by atoms with Gasteiger partial charge in [-0.05, 0) is 28.1 Å². The van der Waals surface area contributed by atoms with Gasteiger partial charge in [0.1, 0.15) is 0 Å². The highest BCUT2D eigenvalue weighted by Gasteiger charge is 2.11. The van der Waals surface area contributed by atoms with Gasteiger partial charge in [0.2, 0.25) is 0 Å². The number of hydrogen-bond donors (Lipinski definition) is 0. The van der Waals surface area contributed by atoms with Crippen molar-refractivity contribution in [3.8, 4) is 11.4 Å². The molecule has 0 N–H and O–H groups in total. The Hall–Kier alpha value is -1.000. The summed E-state index contributed by atoms with van der Waals surface area (Å²) in [5, 5.41) is 4.61. The summed E-state index contributed by atoms with van der Waals surface area (Å²) < 4.78 is 7.60. The van der Waals surface area contributed by atoms with E-state index >= 15 is 0 Å². The molecule has 0 amide bonds. The molecular formula is C10H8BrClN2O. The lowest BCUT2D eigenvalue weighted by molar-refractivity contribution is 0.415. The lowest BCUT2D eigenvalue weighted by Gasteiger charge is -2.05. The van der Waals surface area contributed by atoms with Crippen molar-refractivity contribution >= 4 is 27.5 Å². The monoisotopic (exact) mass is 286 g/mol. The van der Waals surface area contributed by atoms with Crippen LogP contribution in [0.4, 0.5) is 0 Å². The van der Waals surface area contributed by atoms with Crippen LogP contribution in [0.3, 0.4) is 0 Å². The maximum atomic E-state index is 6.09. The Kier molecular flexibility index (Phi) is 2.98. The standard InChI is InChI=1S/C10H8BrClN2O/c1-15-9-6-13-14(10(9)12)8-5-3-2-4-7(8)11/h2-6H,1H3. The van der Waals surface area contributed by atoms with Crippen molar-refractivity contribution in [1.82, 2.24) is 9.78 Å². The molecule has 0 aliphatic rings. The Morgan fingerprint density at radius 1 is 1.40 bits per heavy atom. The number of aromatic nitrogens is 2. The molecule has 0 saturated carbocycles. The van der Waals surface area contributed by atoms with Crippen LogP contribution < -0.4 is 4.74 Å². The van der Waals surface area contributed by atoms with E-state index in [4.69, 9.17) is 16.3 Å². The van der Waals surface area contributed by atoms with Gasteiger partial charge in [-0.3, -0.25) is 0 Å². The number of rotatable bonds is 2. The van der Waals surface area contributed by atoms with Gasteiger partial charge < -0.3 is 4.74 Å². The fraction of sp³-hybridized carbons (Fsp3) is 0.100. The van der Waals surface area contributed by atoms with Crippen molar-refractivity contribution in [3.05, 3.63) is 40.1 Å². The zero-order chi connectivity index (χ0) is 10.8. The summed E-state index contributed by atoms with van der Waals surface area (Å²) in [7, 11) is 1.56.